The van der Waals surface area contributed by atoms with Crippen molar-refractivity contribution in [1.29, 1.82) is 0 Å². The lowest BCUT2D eigenvalue weighted by atomic mass is 9.92. The normalized spacial score (nSPS) is 26.6. The van der Waals surface area contributed by atoms with Gasteiger partial charge in [-0.25, -0.2) is 0 Å². The third-order valence-corrected chi connectivity index (χ3v) is 4.16. The molecule has 1 aliphatic carbocycles. The summed E-state index contributed by atoms with van der Waals surface area (Å²) in [6.45, 7) is 2.73. The Hall–Kier alpha value is -1.02. The summed E-state index contributed by atoms with van der Waals surface area (Å²) in [7, 11) is 1.86. The van der Waals surface area contributed by atoms with Gasteiger partial charge in [-0.1, -0.05) is 30.3 Å². The van der Waals surface area contributed by atoms with E-state index in [1.165, 1.54) is 0 Å². The van der Waals surface area contributed by atoms with Gasteiger partial charge in [-0.15, -0.1) is 11.6 Å². The zero-order chi connectivity index (χ0) is 12.5. The van der Waals surface area contributed by atoms with Gasteiger partial charge < -0.3 is 4.90 Å². The van der Waals surface area contributed by atoms with Crippen molar-refractivity contribution >= 4 is 17.5 Å². The molecule has 0 aliphatic heterocycles. The topological polar surface area (TPSA) is 20.3 Å². The third kappa shape index (κ3) is 1.95. The van der Waals surface area contributed by atoms with E-state index >= 15 is 0 Å². The molecule has 0 saturated heterocycles. The highest BCUT2D eigenvalue weighted by Gasteiger charge is 2.61. The number of alkyl halides is 1. The van der Waals surface area contributed by atoms with Gasteiger partial charge in [0, 0.05) is 19.5 Å². The van der Waals surface area contributed by atoms with E-state index in [9.17, 15) is 4.79 Å². The SMILES string of the molecule is CCN(C)C(=O)[C@@]1(c2ccccc2)CC1CCl. The molecule has 92 valence electrons. The average Bonchev–Trinajstić information content (AvgIpc) is 3.13. The molecule has 0 bridgehead atoms. The number of amides is 1. The smallest absolute Gasteiger partial charge is 0.233 e. The standard InChI is InChI=1S/C14H18ClNO/c1-3-16(2)13(17)14(9-12(14)10-15)11-7-5-4-6-8-11/h4-8,12H,3,9-10H2,1-2H3/t12?,14-/m1/s1. The summed E-state index contributed by atoms with van der Waals surface area (Å²) in [5.41, 5.74) is 0.754. The molecule has 1 aromatic rings. The number of likely N-dealkylation sites (N-methyl/N-ethyl adjacent to an activating group) is 1. The number of benzene rings is 1. The molecule has 1 amide bonds. The van der Waals surface area contributed by atoms with Gasteiger partial charge in [0.25, 0.3) is 0 Å². The minimum atomic E-state index is -0.353. The molecular formula is C14H18ClNO. The summed E-state index contributed by atoms with van der Waals surface area (Å²) >= 11 is 5.95. The monoisotopic (exact) mass is 251 g/mol. The van der Waals surface area contributed by atoms with Crippen molar-refractivity contribution in [3.63, 3.8) is 0 Å². The number of halogens is 1. The van der Waals surface area contributed by atoms with Gasteiger partial charge in [0.1, 0.15) is 0 Å². The highest BCUT2D eigenvalue weighted by atomic mass is 35.5. The van der Waals surface area contributed by atoms with Crippen molar-refractivity contribution < 1.29 is 4.79 Å². The lowest BCUT2D eigenvalue weighted by Gasteiger charge is -2.23. The number of hydrogen-bond donors (Lipinski definition) is 0. The van der Waals surface area contributed by atoms with Gasteiger partial charge >= 0.3 is 0 Å². The molecule has 0 aromatic heterocycles. The summed E-state index contributed by atoms with van der Waals surface area (Å²) in [6, 6.07) is 10.0. The van der Waals surface area contributed by atoms with Crippen molar-refractivity contribution in [2.45, 2.75) is 18.8 Å². The summed E-state index contributed by atoms with van der Waals surface area (Å²) in [5, 5.41) is 0. The van der Waals surface area contributed by atoms with E-state index in [2.05, 4.69) is 0 Å². The Labute approximate surface area is 108 Å². The van der Waals surface area contributed by atoms with Crippen molar-refractivity contribution in [3.05, 3.63) is 35.9 Å². The minimum Gasteiger partial charge on any atom is -0.345 e. The fraction of sp³-hybridized carbons (Fsp3) is 0.500. The second-order valence-electron chi connectivity index (χ2n) is 4.71. The van der Waals surface area contributed by atoms with Crippen molar-refractivity contribution in [3.8, 4) is 0 Å². The van der Waals surface area contributed by atoms with Crippen LogP contribution < -0.4 is 0 Å². The molecule has 1 unspecified atom stereocenters. The highest BCUT2D eigenvalue weighted by Crippen LogP contribution is 2.55. The second kappa shape index (κ2) is 4.69. The molecule has 1 aliphatic rings. The van der Waals surface area contributed by atoms with Crippen LogP contribution in [-0.2, 0) is 10.2 Å². The van der Waals surface area contributed by atoms with Crippen LogP contribution in [0.1, 0.15) is 18.9 Å². The largest absolute Gasteiger partial charge is 0.345 e. The highest BCUT2D eigenvalue weighted by molar-refractivity contribution is 6.18. The summed E-state index contributed by atoms with van der Waals surface area (Å²) in [5.74, 6) is 1.04. The van der Waals surface area contributed by atoms with E-state index in [0.717, 1.165) is 18.5 Å². The Kier molecular flexibility index (Phi) is 3.43. The van der Waals surface area contributed by atoms with Gasteiger partial charge in [0.2, 0.25) is 5.91 Å². The number of rotatable bonds is 4. The molecule has 0 N–H and O–H groups in total. The van der Waals surface area contributed by atoms with Crippen LogP contribution in [-0.4, -0.2) is 30.3 Å². The molecule has 1 saturated carbocycles. The zero-order valence-electron chi connectivity index (χ0n) is 10.3. The lowest BCUT2D eigenvalue weighted by Crippen LogP contribution is -2.37. The predicted octanol–water partition coefficient (Wildman–Crippen LogP) is 2.66. The molecule has 0 heterocycles. The molecule has 1 fully saturated rings. The molecule has 3 heteroatoms. The van der Waals surface area contributed by atoms with Crippen LogP contribution in [0.5, 0.6) is 0 Å². The van der Waals surface area contributed by atoms with Gasteiger partial charge in [0.15, 0.2) is 0 Å². The first-order valence-corrected chi connectivity index (χ1v) is 6.57. The van der Waals surface area contributed by atoms with E-state index in [0.29, 0.717) is 5.88 Å². The van der Waals surface area contributed by atoms with Crippen molar-refractivity contribution in [2.75, 3.05) is 19.5 Å². The Morgan fingerprint density at radius 3 is 2.59 bits per heavy atom. The lowest BCUT2D eigenvalue weighted by molar-refractivity contribution is -0.132. The van der Waals surface area contributed by atoms with Gasteiger partial charge in [-0.2, -0.15) is 0 Å². The second-order valence-corrected chi connectivity index (χ2v) is 5.02. The van der Waals surface area contributed by atoms with E-state index in [1.807, 2.05) is 44.3 Å². The van der Waals surface area contributed by atoms with Crippen LogP contribution in [0.15, 0.2) is 30.3 Å². The Morgan fingerprint density at radius 1 is 1.47 bits per heavy atom. The molecular weight excluding hydrogens is 234 g/mol. The Morgan fingerprint density at radius 2 is 2.12 bits per heavy atom. The van der Waals surface area contributed by atoms with Crippen LogP contribution in [0.3, 0.4) is 0 Å². The maximum absolute atomic E-state index is 12.5. The maximum Gasteiger partial charge on any atom is 0.233 e. The van der Waals surface area contributed by atoms with Crippen LogP contribution in [0.25, 0.3) is 0 Å². The van der Waals surface area contributed by atoms with Gasteiger partial charge in [-0.05, 0) is 24.8 Å². The van der Waals surface area contributed by atoms with Gasteiger partial charge in [0.05, 0.1) is 5.41 Å². The molecule has 2 nitrogen and oxygen atoms in total. The van der Waals surface area contributed by atoms with Crippen LogP contribution >= 0.6 is 11.6 Å². The molecule has 2 atom stereocenters. The van der Waals surface area contributed by atoms with Crippen molar-refractivity contribution in [2.24, 2.45) is 5.92 Å². The summed E-state index contributed by atoms with van der Waals surface area (Å²) < 4.78 is 0. The number of hydrogen-bond acceptors (Lipinski definition) is 1. The predicted molar refractivity (Wildman–Crippen MR) is 70.3 cm³/mol. The molecule has 2 rings (SSSR count). The Balaban J connectivity index is 2.33. The molecule has 0 spiro atoms. The molecule has 1 aromatic carbocycles. The van der Waals surface area contributed by atoms with Crippen LogP contribution in [0.2, 0.25) is 0 Å². The first kappa shape index (κ1) is 12.4. The Bertz CT molecular complexity index is 406. The third-order valence-electron chi connectivity index (χ3n) is 3.78. The van der Waals surface area contributed by atoms with E-state index in [4.69, 9.17) is 11.6 Å². The number of nitrogens with zero attached hydrogens (tertiary/aromatic N) is 1. The van der Waals surface area contributed by atoms with E-state index < -0.39 is 0 Å². The first-order valence-electron chi connectivity index (χ1n) is 6.03. The zero-order valence-corrected chi connectivity index (χ0v) is 11.1. The molecule has 17 heavy (non-hydrogen) atoms. The van der Waals surface area contributed by atoms with E-state index in [1.54, 1.807) is 4.90 Å². The van der Waals surface area contributed by atoms with Crippen LogP contribution in [0, 0.1) is 5.92 Å². The quantitative estimate of drug-likeness (QED) is 0.754. The fourth-order valence-electron chi connectivity index (χ4n) is 2.47. The minimum absolute atomic E-state index is 0.205. The average molecular weight is 252 g/mol. The number of carbonyl (C=O) groups is 1. The fourth-order valence-corrected chi connectivity index (χ4v) is 2.85. The molecule has 0 radical (unpaired) electrons. The first-order chi connectivity index (χ1) is 8.16. The van der Waals surface area contributed by atoms with Crippen molar-refractivity contribution in [1.82, 2.24) is 4.90 Å². The summed E-state index contributed by atoms with van der Waals surface area (Å²) in [6.07, 6.45) is 0.879. The maximum atomic E-state index is 12.5. The summed E-state index contributed by atoms with van der Waals surface area (Å²) in [4.78, 5) is 14.3. The number of carbonyl (C=O) groups excluding carboxylic acids is 1. The van der Waals surface area contributed by atoms with Gasteiger partial charge in [-0.3, -0.25) is 4.79 Å². The van der Waals surface area contributed by atoms with Crippen LogP contribution in [0.4, 0.5) is 0 Å². The van der Waals surface area contributed by atoms with E-state index in [-0.39, 0.29) is 17.2 Å².